The van der Waals surface area contributed by atoms with Crippen LogP contribution in [0.4, 0.5) is 0 Å². The number of aryl methyl sites for hydroxylation is 1. The molecule has 0 amide bonds. The van der Waals surface area contributed by atoms with E-state index in [1.54, 1.807) is 0 Å². The molecule has 1 N–H and O–H groups in total. The molecule has 4 rings (SSSR count). The van der Waals surface area contributed by atoms with Gasteiger partial charge in [0.1, 0.15) is 0 Å². The molecule has 0 bridgehead atoms. The molecule has 2 saturated heterocycles. The standard InChI is InChI=1S/C24H39BN2O3/c1-18-15-20(25-29-22(2,3)23(4,5)30-25)16-19-17-27(10-7-21(18)19)14-13-26-11-8-24(6,28)9-12-26/h15-16,28H,7-14,17H2,1-6H3. The molecule has 30 heavy (non-hydrogen) atoms. The fourth-order valence-electron chi connectivity index (χ4n) is 4.86. The number of hydrogen-bond donors (Lipinski definition) is 1. The lowest BCUT2D eigenvalue weighted by molar-refractivity contribution is -0.00729. The fraction of sp³-hybridized carbons (Fsp3) is 0.750. The van der Waals surface area contributed by atoms with Crippen LogP contribution in [0.25, 0.3) is 0 Å². The summed E-state index contributed by atoms with van der Waals surface area (Å²) in [5.74, 6) is 0. The number of hydrogen-bond acceptors (Lipinski definition) is 5. The summed E-state index contributed by atoms with van der Waals surface area (Å²) in [6.07, 6.45) is 2.87. The third-order valence-corrected chi connectivity index (χ3v) is 7.85. The third-order valence-electron chi connectivity index (χ3n) is 7.85. The van der Waals surface area contributed by atoms with Crippen molar-refractivity contribution in [2.24, 2.45) is 0 Å². The van der Waals surface area contributed by atoms with Crippen molar-refractivity contribution in [1.29, 1.82) is 0 Å². The Morgan fingerprint density at radius 1 is 0.933 bits per heavy atom. The van der Waals surface area contributed by atoms with Crippen LogP contribution in [0.15, 0.2) is 12.1 Å². The molecular weight excluding hydrogens is 375 g/mol. The minimum Gasteiger partial charge on any atom is -0.399 e. The van der Waals surface area contributed by atoms with E-state index in [9.17, 15) is 5.11 Å². The van der Waals surface area contributed by atoms with Crippen LogP contribution < -0.4 is 5.46 Å². The zero-order valence-electron chi connectivity index (χ0n) is 19.8. The van der Waals surface area contributed by atoms with E-state index in [0.29, 0.717) is 0 Å². The van der Waals surface area contributed by atoms with Gasteiger partial charge in [0, 0.05) is 39.3 Å². The van der Waals surface area contributed by atoms with Gasteiger partial charge in [-0.1, -0.05) is 12.1 Å². The molecule has 3 aliphatic rings. The molecule has 0 radical (unpaired) electrons. The number of benzene rings is 1. The molecule has 0 saturated carbocycles. The van der Waals surface area contributed by atoms with E-state index < -0.39 is 5.60 Å². The minimum atomic E-state index is -0.470. The summed E-state index contributed by atoms with van der Waals surface area (Å²) < 4.78 is 12.6. The van der Waals surface area contributed by atoms with E-state index in [1.807, 2.05) is 6.92 Å². The predicted octanol–water partition coefficient (Wildman–Crippen LogP) is 2.50. The van der Waals surface area contributed by atoms with E-state index in [4.69, 9.17) is 9.31 Å². The molecule has 3 aliphatic heterocycles. The number of nitrogens with zero attached hydrogens (tertiary/aromatic N) is 2. The lowest BCUT2D eigenvalue weighted by atomic mass is 9.75. The first-order chi connectivity index (χ1) is 14.0. The van der Waals surface area contributed by atoms with Gasteiger partial charge in [0.25, 0.3) is 0 Å². The Hall–Kier alpha value is -0.915. The molecule has 1 aromatic carbocycles. The van der Waals surface area contributed by atoms with Gasteiger partial charge in [-0.15, -0.1) is 0 Å². The Balaban J connectivity index is 1.41. The average Bonchev–Trinajstić information content (AvgIpc) is 2.88. The van der Waals surface area contributed by atoms with Crippen LogP contribution in [0.5, 0.6) is 0 Å². The van der Waals surface area contributed by atoms with Crippen LogP contribution in [-0.2, 0) is 22.3 Å². The zero-order chi connectivity index (χ0) is 21.7. The summed E-state index contributed by atoms with van der Waals surface area (Å²) in [5, 5.41) is 10.2. The first-order valence-electron chi connectivity index (χ1n) is 11.6. The molecule has 0 spiro atoms. The number of rotatable bonds is 4. The van der Waals surface area contributed by atoms with Crippen molar-refractivity contribution >= 4 is 12.6 Å². The Morgan fingerprint density at radius 2 is 1.53 bits per heavy atom. The van der Waals surface area contributed by atoms with Crippen LogP contribution in [0.2, 0.25) is 0 Å². The molecular formula is C24H39BN2O3. The maximum atomic E-state index is 10.2. The number of likely N-dealkylation sites (tertiary alicyclic amines) is 1. The molecule has 0 aliphatic carbocycles. The normalized spacial score (nSPS) is 26.0. The van der Waals surface area contributed by atoms with Gasteiger partial charge in [-0.25, -0.2) is 0 Å². The highest BCUT2D eigenvalue weighted by Gasteiger charge is 2.51. The van der Waals surface area contributed by atoms with Crippen LogP contribution in [0.3, 0.4) is 0 Å². The van der Waals surface area contributed by atoms with E-state index >= 15 is 0 Å². The molecule has 0 unspecified atom stereocenters. The maximum absolute atomic E-state index is 10.2. The van der Waals surface area contributed by atoms with E-state index in [2.05, 4.69) is 56.6 Å². The quantitative estimate of drug-likeness (QED) is 0.768. The fourth-order valence-corrected chi connectivity index (χ4v) is 4.86. The largest absolute Gasteiger partial charge is 0.494 e. The Morgan fingerprint density at radius 3 is 2.17 bits per heavy atom. The first kappa shape index (κ1) is 22.3. The van der Waals surface area contributed by atoms with Gasteiger partial charge in [0.2, 0.25) is 0 Å². The third kappa shape index (κ3) is 4.49. The smallest absolute Gasteiger partial charge is 0.399 e. The molecule has 0 aromatic heterocycles. The average molecular weight is 414 g/mol. The minimum absolute atomic E-state index is 0.296. The van der Waals surface area contributed by atoms with Gasteiger partial charge in [-0.2, -0.15) is 0 Å². The van der Waals surface area contributed by atoms with Crippen molar-refractivity contribution < 1.29 is 14.4 Å². The second-order valence-electron chi connectivity index (χ2n) is 10.9. The Kier molecular flexibility index (Phi) is 5.86. The molecule has 2 fully saturated rings. The summed E-state index contributed by atoms with van der Waals surface area (Å²) in [4.78, 5) is 5.07. The summed E-state index contributed by atoms with van der Waals surface area (Å²) in [7, 11) is -0.296. The SMILES string of the molecule is Cc1cc(B2OC(C)(C)C(C)(C)O2)cc2c1CCN(CCN1CCC(C)(O)CC1)C2. The van der Waals surface area contributed by atoms with Crippen molar-refractivity contribution in [3.63, 3.8) is 0 Å². The summed E-state index contributed by atoms with van der Waals surface area (Å²) in [5.41, 5.74) is 4.33. The van der Waals surface area contributed by atoms with Crippen molar-refractivity contribution in [1.82, 2.24) is 9.80 Å². The Bertz CT molecular complexity index is 767. The highest BCUT2D eigenvalue weighted by molar-refractivity contribution is 6.62. The van der Waals surface area contributed by atoms with Crippen molar-refractivity contribution in [3.8, 4) is 0 Å². The topological polar surface area (TPSA) is 45.2 Å². The van der Waals surface area contributed by atoms with Crippen LogP contribution >= 0.6 is 0 Å². The highest BCUT2D eigenvalue weighted by Crippen LogP contribution is 2.37. The lowest BCUT2D eigenvalue weighted by Gasteiger charge is -2.37. The monoisotopic (exact) mass is 414 g/mol. The van der Waals surface area contributed by atoms with Gasteiger partial charge in [-0.05, 0) is 83.0 Å². The summed E-state index contributed by atoms with van der Waals surface area (Å²) >= 11 is 0. The second-order valence-corrected chi connectivity index (χ2v) is 10.9. The van der Waals surface area contributed by atoms with Gasteiger partial charge < -0.3 is 19.3 Å². The zero-order valence-corrected chi connectivity index (χ0v) is 19.8. The predicted molar refractivity (Wildman–Crippen MR) is 122 cm³/mol. The number of piperidine rings is 1. The van der Waals surface area contributed by atoms with Crippen molar-refractivity contribution in [2.75, 3.05) is 32.7 Å². The van der Waals surface area contributed by atoms with Gasteiger partial charge in [-0.3, -0.25) is 4.90 Å². The van der Waals surface area contributed by atoms with Crippen LogP contribution in [0, 0.1) is 6.92 Å². The molecule has 166 valence electrons. The lowest BCUT2D eigenvalue weighted by Crippen LogP contribution is -2.45. The van der Waals surface area contributed by atoms with Crippen LogP contribution in [-0.4, -0.2) is 71.6 Å². The number of fused-ring (bicyclic) bond motifs is 1. The first-order valence-corrected chi connectivity index (χ1v) is 11.6. The molecule has 5 nitrogen and oxygen atoms in total. The van der Waals surface area contributed by atoms with Gasteiger partial charge in [0.15, 0.2) is 0 Å². The number of aliphatic hydroxyl groups is 1. The highest BCUT2D eigenvalue weighted by atomic mass is 16.7. The van der Waals surface area contributed by atoms with Gasteiger partial charge in [0.05, 0.1) is 16.8 Å². The maximum Gasteiger partial charge on any atom is 0.494 e. The molecule has 0 atom stereocenters. The van der Waals surface area contributed by atoms with E-state index in [1.165, 1.54) is 16.7 Å². The van der Waals surface area contributed by atoms with Crippen molar-refractivity contribution in [3.05, 3.63) is 28.8 Å². The van der Waals surface area contributed by atoms with Gasteiger partial charge >= 0.3 is 7.12 Å². The van der Waals surface area contributed by atoms with Crippen molar-refractivity contribution in [2.45, 2.75) is 84.2 Å². The molecule has 6 heteroatoms. The Labute approximate surface area is 182 Å². The van der Waals surface area contributed by atoms with Crippen LogP contribution in [0.1, 0.15) is 64.2 Å². The summed E-state index contributed by atoms with van der Waals surface area (Å²) in [6.45, 7) is 18.9. The molecule has 1 aromatic rings. The van der Waals surface area contributed by atoms with E-state index in [-0.39, 0.29) is 18.3 Å². The van der Waals surface area contributed by atoms with E-state index in [0.717, 1.165) is 64.0 Å². The second kappa shape index (κ2) is 7.89. The summed E-state index contributed by atoms with van der Waals surface area (Å²) in [6, 6.07) is 4.57. The molecule has 3 heterocycles.